The Hall–Kier alpha value is -1.75. The van der Waals surface area contributed by atoms with Gasteiger partial charge in [-0.1, -0.05) is 11.6 Å². The number of halogens is 3. The predicted octanol–water partition coefficient (Wildman–Crippen LogP) is 2.99. The smallest absolute Gasteiger partial charge is 0.162 e. The lowest BCUT2D eigenvalue weighted by Crippen LogP contribution is -1.99. The topological polar surface area (TPSA) is 35.0 Å². The predicted molar refractivity (Wildman–Crippen MR) is 57.7 cm³/mol. The van der Waals surface area contributed by atoms with Gasteiger partial charge in [-0.2, -0.15) is 0 Å². The third-order valence-corrected chi connectivity index (χ3v) is 2.15. The Kier molecular flexibility index (Phi) is 3.49. The van der Waals surface area contributed by atoms with Crippen LogP contribution < -0.4 is 4.74 Å². The summed E-state index contributed by atoms with van der Waals surface area (Å²) in [6, 6.07) is 3.30. The van der Waals surface area contributed by atoms with Crippen LogP contribution in [0.15, 0.2) is 30.6 Å². The first-order valence-corrected chi connectivity index (χ1v) is 5.07. The summed E-state index contributed by atoms with van der Waals surface area (Å²) in [5.74, 6) is -1.64. The van der Waals surface area contributed by atoms with Crippen molar-refractivity contribution in [2.75, 3.05) is 0 Å². The average molecular weight is 257 g/mol. The van der Waals surface area contributed by atoms with Gasteiger partial charge in [0.15, 0.2) is 11.6 Å². The van der Waals surface area contributed by atoms with Gasteiger partial charge in [-0.15, -0.1) is 0 Å². The molecule has 0 unspecified atom stereocenters. The van der Waals surface area contributed by atoms with Crippen LogP contribution in [0.3, 0.4) is 0 Å². The van der Waals surface area contributed by atoms with Crippen LogP contribution in [0.5, 0.6) is 5.75 Å². The summed E-state index contributed by atoms with van der Waals surface area (Å²) < 4.78 is 30.7. The van der Waals surface area contributed by atoms with E-state index in [9.17, 15) is 8.78 Å². The molecule has 6 heteroatoms. The van der Waals surface area contributed by atoms with Crippen molar-refractivity contribution in [2.24, 2.45) is 0 Å². The molecule has 0 aliphatic heterocycles. The second-order valence-electron chi connectivity index (χ2n) is 3.20. The fourth-order valence-corrected chi connectivity index (χ4v) is 1.24. The highest BCUT2D eigenvalue weighted by Crippen LogP contribution is 2.16. The molecule has 0 saturated heterocycles. The van der Waals surface area contributed by atoms with Gasteiger partial charge < -0.3 is 4.74 Å². The first-order valence-electron chi connectivity index (χ1n) is 4.69. The fraction of sp³-hybridized carbons (Fsp3) is 0.0909. The van der Waals surface area contributed by atoms with Gasteiger partial charge in [-0.25, -0.2) is 13.8 Å². The number of rotatable bonds is 3. The lowest BCUT2D eigenvalue weighted by molar-refractivity contribution is 0.298. The first-order chi connectivity index (χ1) is 8.15. The van der Waals surface area contributed by atoms with Crippen molar-refractivity contribution in [2.45, 2.75) is 6.61 Å². The van der Waals surface area contributed by atoms with Crippen molar-refractivity contribution in [1.82, 2.24) is 9.97 Å². The molecular weight excluding hydrogens is 250 g/mol. The summed E-state index contributed by atoms with van der Waals surface area (Å²) in [6.07, 6.45) is 2.83. The minimum atomic E-state index is -0.954. The number of ether oxygens (including phenoxy) is 1. The number of nitrogens with zero attached hydrogens (tertiary/aromatic N) is 2. The van der Waals surface area contributed by atoms with E-state index in [0.717, 1.165) is 12.1 Å². The third-order valence-electron chi connectivity index (χ3n) is 1.95. The van der Waals surface area contributed by atoms with Gasteiger partial charge in [-0.05, 0) is 12.1 Å². The van der Waals surface area contributed by atoms with Crippen LogP contribution in [0.4, 0.5) is 8.78 Å². The highest BCUT2D eigenvalue weighted by atomic mass is 35.5. The fourth-order valence-electron chi connectivity index (χ4n) is 1.14. The van der Waals surface area contributed by atoms with Gasteiger partial charge in [0.1, 0.15) is 17.5 Å². The average Bonchev–Trinajstić information content (AvgIpc) is 2.33. The van der Waals surface area contributed by atoms with E-state index in [2.05, 4.69) is 9.97 Å². The minimum absolute atomic E-state index is 0.106. The Balaban J connectivity index is 2.02. The Morgan fingerprint density at radius 1 is 1.12 bits per heavy atom. The molecule has 1 heterocycles. The van der Waals surface area contributed by atoms with E-state index in [1.165, 1.54) is 18.5 Å². The van der Waals surface area contributed by atoms with Crippen molar-refractivity contribution in [3.63, 3.8) is 0 Å². The molecule has 0 aliphatic carbocycles. The molecule has 2 aromatic rings. The van der Waals surface area contributed by atoms with Crippen LogP contribution in [0.25, 0.3) is 0 Å². The van der Waals surface area contributed by atoms with E-state index in [4.69, 9.17) is 16.3 Å². The highest BCUT2D eigenvalue weighted by molar-refractivity contribution is 6.29. The first kappa shape index (κ1) is 11.7. The molecule has 0 atom stereocenters. The SMILES string of the molecule is Fc1ccc(OCc2cnc(Cl)cn2)cc1F. The minimum Gasteiger partial charge on any atom is -0.487 e. The molecule has 1 aromatic carbocycles. The second kappa shape index (κ2) is 5.05. The molecule has 0 bridgehead atoms. The lowest BCUT2D eigenvalue weighted by Gasteiger charge is -2.05. The van der Waals surface area contributed by atoms with E-state index in [1.54, 1.807) is 0 Å². The van der Waals surface area contributed by atoms with Crippen LogP contribution in [0, 0.1) is 11.6 Å². The normalized spacial score (nSPS) is 10.3. The molecule has 1 aromatic heterocycles. The zero-order chi connectivity index (χ0) is 12.3. The molecular formula is C11H7ClF2N2O. The summed E-state index contributed by atoms with van der Waals surface area (Å²) in [6.45, 7) is 0.106. The summed E-state index contributed by atoms with van der Waals surface area (Å²) >= 11 is 5.56. The molecule has 0 saturated carbocycles. The zero-order valence-corrected chi connectivity index (χ0v) is 9.29. The van der Waals surface area contributed by atoms with Gasteiger partial charge in [0.2, 0.25) is 0 Å². The molecule has 88 valence electrons. The molecule has 0 N–H and O–H groups in total. The van der Waals surface area contributed by atoms with E-state index in [-0.39, 0.29) is 17.5 Å². The Bertz CT molecular complexity index is 519. The number of hydrogen-bond acceptors (Lipinski definition) is 3. The Morgan fingerprint density at radius 2 is 1.94 bits per heavy atom. The number of hydrogen-bond donors (Lipinski definition) is 0. The van der Waals surface area contributed by atoms with Gasteiger partial charge in [0, 0.05) is 6.07 Å². The van der Waals surface area contributed by atoms with E-state index in [1.807, 2.05) is 0 Å². The van der Waals surface area contributed by atoms with Crippen molar-refractivity contribution in [3.8, 4) is 5.75 Å². The summed E-state index contributed by atoms with van der Waals surface area (Å²) in [4.78, 5) is 7.76. The number of benzene rings is 1. The van der Waals surface area contributed by atoms with Gasteiger partial charge in [0.05, 0.1) is 18.1 Å². The van der Waals surface area contributed by atoms with Crippen molar-refractivity contribution < 1.29 is 13.5 Å². The maximum atomic E-state index is 12.9. The molecule has 0 spiro atoms. The van der Waals surface area contributed by atoms with Gasteiger partial charge in [0.25, 0.3) is 0 Å². The second-order valence-corrected chi connectivity index (χ2v) is 3.58. The van der Waals surface area contributed by atoms with E-state index >= 15 is 0 Å². The van der Waals surface area contributed by atoms with Gasteiger partial charge >= 0.3 is 0 Å². The monoisotopic (exact) mass is 256 g/mol. The van der Waals surface area contributed by atoms with Gasteiger partial charge in [-0.3, -0.25) is 4.98 Å². The molecule has 0 aliphatic rings. The van der Waals surface area contributed by atoms with E-state index in [0.29, 0.717) is 5.69 Å². The van der Waals surface area contributed by atoms with Crippen LogP contribution >= 0.6 is 11.6 Å². The zero-order valence-electron chi connectivity index (χ0n) is 8.53. The lowest BCUT2D eigenvalue weighted by atomic mass is 10.3. The van der Waals surface area contributed by atoms with Crippen molar-refractivity contribution in [3.05, 3.63) is 53.1 Å². The standard InChI is InChI=1S/C11H7ClF2N2O/c12-11-5-15-7(4-16-11)6-17-8-1-2-9(13)10(14)3-8/h1-5H,6H2. The van der Waals surface area contributed by atoms with Crippen LogP contribution in [-0.2, 0) is 6.61 Å². The maximum absolute atomic E-state index is 12.9. The molecule has 0 amide bonds. The maximum Gasteiger partial charge on any atom is 0.162 e. The summed E-state index contributed by atoms with van der Waals surface area (Å²) in [7, 11) is 0. The van der Waals surface area contributed by atoms with Crippen LogP contribution in [0.2, 0.25) is 5.15 Å². The van der Waals surface area contributed by atoms with Crippen molar-refractivity contribution in [1.29, 1.82) is 0 Å². The number of aromatic nitrogens is 2. The molecule has 17 heavy (non-hydrogen) atoms. The Labute approximate surface area is 101 Å². The van der Waals surface area contributed by atoms with E-state index < -0.39 is 11.6 Å². The van der Waals surface area contributed by atoms with Crippen molar-refractivity contribution >= 4 is 11.6 Å². The molecule has 2 rings (SSSR count). The largest absolute Gasteiger partial charge is 0.487 e. The summed E-state index contributed by atoms with van der Waals surface area (Å²) in [5, 5.41) is 0.279. The molecule has 3 nitrogen and oxygen atoms in total. The van der Waals surface area contributed by atoms with Crippen LogP contribution in [-0.4, -0.2) is 9.97 Å². The Morgan fingerprint density at radius 3 is 2.59 bits per heavy atom. The molecule has 0 radical (unpaired) electrons. The highest BCUT2D eigenvalue weighted by Gasteiger charge is 2.04. The quantitative estimate of drug-likeness (QED) is 0.847. The van der Waals surface area contributed by atoms with Crippen LogP contribution in [0.1, 0.15) is 5.69 Å². The molecule has 0 fully saturated rings. The summed E-state index contributed by atoms with van der Waals surface area (Å²) in [5.41, 5.74) is 0.541. The third kappa shape index (κ3) is 3.10.